The first-order valence-corrected chi connectivity index (χ1v) is 5.73. The van der Waals surface area contributed by atoms with Crippen molar-refractivity contribution in [1.82, 2.24) is 19.1 Å². The smallest absolute Gasteiger partial charge is 0.329 e. The third-order valence-corrected chi connectivity index (χ3v) is 3.21. The lowest BCUT2D eigenvalue weighted by atomic mass is 10.3. The van der Waals surface area contributed by atoms with Gasteiger partial charge < -0.3 is 5.11 Å². The van der Waals surface area contributed by atoms with Gasteiger partial charge in [0.1, 0.15) is 6.04 Å². The van der Waals surface area contributed by atoms with Gasteiger partial charge in [0.25, 0.3) is 5.56 Å². The zero-order chi connectivity index (χ0) is 13.6. The van der Waals surface area contributed by atoms with E-state index in [1.165, 1.54) is 18.5 Å². The van der Waals surface area contributed by atoms with Crippen LogP contribution in [0.25, 0.3) is 11.2 Å². The molecule has 1 atom stereocenters. The van der Waals surface area contributed by atoms with Crippen LogP contribution in [0, 0.1) is 0 Å². The molecule has 2 N–H and O–H groups in total. The number of carbonyl (C=O) groups is 1. The summed E-state index contributed by atoms with van der Waals surface area (Å²) >= 11 is 3.09. The average molecular weight is 317 g/mol. The number of aliphatic carboxylic acids is 1. The molecule has 0 aromatic carbocycles. The molecular formula is C9H9BrN4O4. The number of carboxylic acid groups (broad SMARTS) is 1. The summed E-state index contributed by atoms with van der Waals surface area (Å²) in [5.41, 5.74) is -1.10. The van der Waals surface area contributed by atoms with Crippen molar-refractivity contribution < 1.29 is 9.90 Å². The van der Waals surface area contributed by atoms with Gasteiger partial charge in [-0.25, -0.2) is 14.6 Å². The highest BCUT2D eigenvalue weighted by atomic mass is 79.9. The van der Waals surface area contributed by atoms with Crippen molar-refractivity contribution in [2.24, 2.45) is 7.05 Å². The second-order valence-electron chi connectivity index (χ2n) is 3.76. The summed E-state index contributed by atoms with van der Waals surface area (Å²) in [4.78, 5) is 40.3. The predicted octanol–water partition coefficient (Wildman–Crippen LogP) is -0.169. The number of carboxylic acids is 1. The van der Waals surface area contributed by atoms with Crippen molar-refractivity contribution >= 4 is 33.1 Å². The fourth-order valence-electron chi connectivity index (χ4n) is 1.64. The Morgan fingerprint density at radius 1 is 1.50 bits per heavy atom. The molecule has 96 valence electrons. The molecule has 0 radical (unpaired) electrons. The summed E-state index contributed by atoms with van der Waals surface area (Å²) in [6.45, 7) is 1.42. The van der Waals surface area contributed by atoms with Gasteiger partial charge in [-0.15, -0.1) is 0 Å². The predicted molar refractivity (Wildman–Crippen MR) is 65.6 cm³/mol. The molecule has 0 spiro atoms. The van der Waals surface area contributed by atoms with Crippen LogP contribution in [0.3, 0.4) is 0 Å². The molecule has 2 heterocycles. The number of fused-ring (bicyclic) bond motifs is 1. The van der Waals surface area contributed by atoms with Crippen molar-refractivity contribution in [3.05, 3.63) is 25.6 Å². The molecule has 0 bridgehead atoms. The molecule has 2 aromatic heterocycles. The van der Waals surface area contributed by atoms with Gasteiger partial charge >= 0.3 is 11.7 Å². The number of halogens is 1. The van der Waals surface area contributed by atoms with Crippen molar-refractivity contribution in [3.63, 3.8) is 0 Å². The average Bonchev–Trinajstić information content (AvgIpc) is 2.63. The van der Waals surface area contributed by atoms with Gasteiger partial charge in [-0.1, -0.05) is 0 Å². The maximum atomic E-state index is 11.8. The van der Waals surface area contributed by atoms with Crippen molar-refractivity contribution in [2.45, 2.75) is 13.0 Å². The SMILES string of the molecule is CC(C(=O)O)n1c(Br)nc2c1c(=O)[nH]c(=O)n2C. The molecule has 2 aromatic rings. The van der Waals surface area contributed by atoms with Gasteiger partial charge in [0.05, 0.1) is 0 Å². The normalized spacial score (nSPS) is 12.8. The molecule has 0 saturated carbocycles. The van der Waals surface area contributed by atoms with E-state index in [4.69, 9.17) is 5.11 Å². The molecule has 18 heavy (non-hydrogen) atoms. The molecule has 1 unspecified atom stereocenters. The molecule has 0 saturated heterocycles. The lowest BCUT2D eigenvalue weighted by molar-refractivity contribution is -0.140. The molecule has 9 heteroatoms. The van der Waals surface area contributed by atoms with Gasteiger partial charge in [-0.05, 0) is 22.9 Å². The van der Waals surface area contributed by atoms with E-state index in [9.17, 15) is 14.4 Å². The highest BCUT2D eigenvalue weighted by Crippen LogP contribution is 2.21. The van der Waals surface area contributed by atoms with Crippen LogP contribution in [0.2, 0.25) is 0 Å². The summed E-state index contributed by atoms with van der Waals surface area (Å²) < 4.78 is 2.54. The lowest BCUT2D eigenvalue weighted by Gasteiger charge is -2.09. The summed E-state index contributed by atoms with van der Waals surface area (Å²) in [6, 6.07) is -0.983. The monoisotopic (exact) mass is 316 g/mol. The molecule has 0 aliphatic carbocycles. The van der Waals surface area contributed by atoms with Crippen LogP contribution < -0.4 is 11.2 Å². The minimum absolute atomic E-state index is 0.0406. The summed E-state index contributed by atoms with van der Waals surface area (Å²) in [6.07, 6.45) is 0. The topological polar surface area (TPSA) is 110 Å². The fourth-order valence-corrected chi connectivity index (χ4v) is 2.29. The lowest BCUT2D eigenvalue weighted by Crippen LogP contribution is -2.30. The first-order valence-electron chi connectivity index (χ1n) is 4.94. The first-order chi connectivity index (χ1) is 8.34. The number of H-pyrrole nitrogens is 1. The van der Waals surface area contributed by atoms with Crippen LogP contribution >= 0.6 is 15.9 Å². The number of nitrogens with zero attached hydrogens (tertiary/aromatic N) is 3. The van der Waals surface area contributed by atoms with Gasteiger partial charge in [0, 0.05) is 7.05 Å². The van der Waals surface area contributed by atoms with Crippen LogP contribution in [0.1, 0.15) is 13.0 Å². The van der Waals surface area contributed by atoms with Crippen LogP contribution in [0.5, 0.6) is 0 Å². The molecule has 2 rings (SSSR count). The van der Waals surface area contributed by atoms with E-state index < -0.39 is 23.3 Å². The van der Waals surface area contributed by atoms with E-state index in [0.717, 1.165) is 4.57 Å². The molecule has 0 amide bonds. The van der Waals surface area contributed by atoms with E-state index >= 15 is 0 Å². The summed E-state index contributed by atoms with van der Waals surface area (Å²) in [5.74, 6) is -1.11. The number of imidazole rings is 1. The Kier molecular flexibility index (Phi) is 2.85. The van der Waals surface area contributed by atoms with Gasteiger partial charge in [-0.2, -0.15) is 0 Å². The number of hydrogen-bond donors (Lipinski definition) is 2. The van der Waals surface area contributed by atoms with E-state index in [0.29, 0.717) is 0 Å². The van der Waals surface area contributed by atoms with Crippen LogP contribution in [0.15, 0.2) is 14.3 Å². The van der Waals surface area contributed by atoms with E-state index in [1.807, 2.05) is 0 Å². The maximum absolute atomic E-state index is 11.8. The number of nitrogens with one attached hydrogen (secondary N) is 1. The molecule has 8 nitrogen and oxygen atoms in total. The zero-order valence-electron chi connectivity index (χ0n) is 9.47. The van der Waals surface area contributed by atoms with Crippen LogP contribution in [-0.2, 0) is 11.8 Å². The Balaban J connectivity index is 2.97. The van der Waals surface area contributed by atoms with Crippen LogP contribution in [0.4, 0.5) is 0 Å². The second kappa shape index (κ2) is 4.09. The standard InChI is InChI=1S/C9H9BrN4O4/c1-3(7(16)17)14-4-5(11-8(14)10)13(2)9(18)12-6(4)15/h3H,1-2H3,(H,16,17)(H,12,15,18). The van der Waals surface area contributed by atoms with Crippen molar-refractivity contribution in [3.8, 4) is 0 Å². The minimum atomic E-state index is -1.11. The summed E-state index contributed by atoms with van der Waals surface area (Å²) in [5, 5.41) is 9.00. The zero-order valence-corrected chi connectivity index (χ0v) is 11.1. The Labute approximate surface area is 108 Å². The van der Waals surface area contributed by atoms with Crippen molar-refractivity contribution in [2.75, 3.05) is 0 Å². The second-order valence-corrected chi connectivity index (χ2v) is 4.46. The van der Waals surface area contributed by atoms with E-state index in [2.05, 4.69) is 25.9 Å². The molecule has 0 aliphatic heterocycles. The number of aromatic nitrogens is 4. The summed E-state index contributed by atoms with van der Waals surface area (Å²) in [7, 11) is 1.44. The Hall–Kier alpha value is -1.90. The number of hydrogen-bond acceptors (Lipinski definition) is 4. The minimum Gasteiger partial charge on any atom is -0.480 e. The number of aryl methyl sites for hydroxylation is 1. The number of aromatic amines is 1. The molecule has 0 fully saturated rings. The maximum Gasteiger partial charge on any atom is 0.329 e. The van der Waals surface area contributed by atoms with Gasteiger partial charge in [0.2, 0.25) is 0 Å². The third-order valence-electron chi connectivity index (χ3n) is 2.65. The Morgan fingerprint density at radius 2 is 2.11 bits per heavy atom. The van der Waals surface area contributed by atoms with Gasteiger partial charge in [0.15, 0.2) is 15.9 Å². The quantitative estimate of drug-likeness (QED) is 0.747. The molecular weight excluding hydrogens is 308 g/mol. The first kappa shape index (κ1) is 12.6. The van der Waals surface area contributed by atoms with E-state index in [1.54, 1.807) is 0 Å². The van der Waals surface area contributed by atoms with Crippen LogP contribution in [-0.4, -0.2) is 30.2 Å². The van der Waals surface area contributed by atoms with Gasteiger partial charge in [-0.3, -0.25) is 18.9 Å². The van der Waals surface area contributed by atoms with Crippen molar-refractivity contribution in [1.29, 1.82) is 0 Å². The third kappa shape index (κ3) is 1.67. The molecule has 0 aliphatic rings. The Morgan fingerprint density at radius 3 is 2.67 bits per heavy atom. The fraction of sp³-hybridized carbons (Fsp3) is 0.333. The highest BCUT2D eigenvalue weighted by molar-refractivity contribution is 9.10. The number of rotatable bonds is 2. The largest absolute Gasteiger partial charge is 0.480 e. The van der Waals surface area contributed by atoms with E-state index in [-0.39, 0.29) is 15.9 Å². The Bertz CT molecular complexity index is 756. The highest BCUT2D eigenvalue weighted by Gasteiger charge is 2.23.